The molecule has 0 radical (unpaired) electrons. The molecule has 2 aromatic heterocycles. The van der Waals surface area contributed by atoms with E-state index in [1.165, 1.54) is 18.2 Å². The summed E-state index contributed by atoms with van der Waals surface area (Å²) < 4.78 is 29.4. The van der Waals surface area contributed by atoms with Gasteiger partial charge in [-0.05, 0) is 55.0 Å². The van der Waals surface area contributed by atoms with E-state index in [1.807, 2.05) is 0 Å². The van der Waals surface area contributed by atoms with Crippen LogP contribution in [-0.4, -0.2) is 36.9 Å². The second kappa shape index (κ2) is 11.3. The van der Waals surface area contributed by atoms with Crippen molar-refractivity contribution in [1.29, 1.82) is 0 Å². The van der Waals surface area contributed by atoms with Crippen molar-refractivity contribution in [2.45, 2.75) is 26.1 Å². The van der Waals surface area contributed by atoms with Gasteiger partial charge in [-0.3, -0.25) is 9.59 Å². The number of aromatic nitrogens is 5. The Kier molecular flexibility index (Phi) is 7.40. The molecule has 11 nitrogen and oxygen atoms in total. The molecule has 1 aliphatic heterocycles. The molecule has 0 saturated heterocycles. The number of esters is 1. The molecule has 2 N–H and O–H groups in total. The number of carbonyl (C=O) groups is 1. The molecular formula is C30H24BrFN6O5. The molecule has 0 bridgehead atoms. The van der Waals surface area contributed by atoms with E-state index >= 15 is 0 Å². The van der Waals surface area contributed by atoms with Crippen LogP contribution in [0.25, 0.3) is 16.6 Å². The Balaban J connectivity index is 1.41. The highest BCUT2D eigenvalue weighted by molar-refractivity contribution is 9.10. The van der Waals surface area contributed by atoms with Crippen molar-refractivity contribution in [3.8, 4) is 5.75 Å². The summed E-state index contributed by atoms with van der Waals surface area (Å²) in [6.07, 6.45) is 1.67. The van der Waals surface area contributed by atoms with Crippen molar-refractivity contribution in [2.75, 3.05) is 6.61 Å². The first-order valence-corrected chi connectivity index (χ1v) is 14.1. The minimum Gasteiger partial charge on any atom is -0.487 e. The third-order valence-electron chi connectivity index (χ3n) is 6.98. The third kappa shape index (κ3) is 5.12. The van der Waals surface area contributed by atoms with Gasteiger partial charge in [-0.2, -0.15) is 4.68 Å². The van der Waals surface area contributed by atoms with Crippen molar-refractivity contribution in [3.63, 3.8) is 0 Å². The number of halogens is 2. The molecule has 0 aliphatic carbocycles. The molecule has 43 heavy (non-hydrogen) atoms. The number of hydrogen-bond donors (Lipinski definition) is 1. The minimum atomic E-state index is -1.14. The van der Waals surface area contributed by atoms with Crippen LogP contribution in [0.3, 0.4) is 0 Å². The van der Waals surface area contributed by atoms with Crippen LogP contribution in [0.1, 0.15) is 29.8 Å². The van der Waals surface area contributed by atoms with E-state index < -0.39 is 23.1 Å². The lowest BCUT2D eigenvalue weighted by Crippen LogP contribution is -2.38. The predicted octanol–water partition coefficient (Wildman–Crippen LogP) is 3.58. The number of carbonyl (C=O) groups excluding carboxylic acids is 1. The van der Waals surface area contributed by atoms with Crippen molar-refractivity contribution in [3.05, 3.63) is 126 Å². The Morgan fingerprint density at radius 3 is 2.56 bits per heavy atom. The Hall–Kier alpha value is -5.04. The van der Waals surface area contributed by atoms with Crippen molar-refractivity contribution in [2.24, 2.45) is 5.73 Å². The lowest BCUT2D eigenvalue weighted by Gasteiger charge is -2.21. The van der Waals surface area contributed by atoms with Gasteiger partial charge in [0.05, 0.1) is 30.1 Å². The van der Waals surface area contributed by atoms with Crippen LogP contribution in [0.5, 0.6) is 5.75 Å². The summed E-state index contributed by atoms with van der Waals surface area (Å²) >= 11 is 3.47. The molecule has 3 heterocycles. The molecular weight excluding hydrogens is 623 g/mol. The quantitative estimate of drug-likeness (QED) is 0.253. The van der Waals surface area contributed by atoms with Crippen LogP contribution in [0.2, 0.25) is 0 Å². The highest BCUT2D eigenvalue weighted by atomic mass is 79.9. The van der Waals surface area contributed by atoms with E-state index in [1.54, 1.807) is 66.3 Å². The summed E-state index contributed by atoms with van der Waals surface area (Å²) in [4.78, 5) is 40.7. The Labute approximate surface area is 251 Å². The van der Waals surface area contributed by atoms with Crippen LogP contribution in [0.15, 0.2) is 92.6 Å². The van der Waals surface area contributed by atoms with Gasteiger partial charge in [0.2, 0.25) is 0 Å². The largest absolute Gasteiger partial charge is 0.487 e. The average Bonchev–Trinajstić information content (AvgIpc) is 3.57. The molecule has 0 spiro atoms. The monoisotopic (exact) mass is 646 g/mol. The Morgan fingerprint density at radius 2 is 1.81 bits per heavy atom. The van der Waals surface area contributed by atoms with E-state index in [4.69, 9.17) is 15.2 Å². The van der Waals surface area contributed by atoms with Gasteiger partial charge in [0.15, 0.2) is 0 Å². The number of nitrogens with zero attached hydrogens (tertiary/aromatic N) is 5. The second-order valence-corrected chi connectivity index (χ2v) is 10.7. The van der Waals surface area contributed by atoms with Gasteiger partial charge >= 0.3 is 5.97 Å². The summed E-state index contributed by atoms with van der Waals surface area (Å²) in [6.45, 7) is 1.99. The first kappa shape index (κ1) is 28.1. The van der Waals surface area contributed by atoms with Crippen molar-refractivity contribution >= 4 is 38.5 Å². The lowest BCUT2D eigenvalue weighted by atomic mass is 9.98. The Morgan fingerprint density at radius 1 is 1.05 bits per heavy atom. The average molecular weight is 647 g/mol. The van der Waals surface area contributed by atoms with Gasteiger partial charge in [0.25, 0.3) is 11.1 Å². The number of ether oxygens (including phenoxy) is 2. The highest BCUT2D eigenvalue weighted by Gasteiger charge is 2.40. The van der Waals surface area contributed by atoms with Crippen LogP contribution >= 0.6 is 15.9 Å². The van der Waals surface area contributed by atoms with E-state index in [0.717, 1.165) is 14.9 Å². The zero-order valence-corrected chi connectivity index (χ0v) is 24.3. The topological polar surface area (TPSA) is 136 Å². The molecule has 1 atom stereocenters. The van der Waals surface area contributed by atoms with Crippen molar-refractivity contribution in [1.82, 2.24) is 24.4 Å². The lowest BCUT2D eigenvalue weighted by molar-refractivity contribution is -0.138. The normalized spacial score (nSPS) is 14.3. The molecule has 0 saturated carbocycles. The molecule has 218 valence electrons. The molecule has 3 aromatic carbocycles. The minimum absolute atomic E-state index is 0.0160. The fourth-order valence-corrected chi connectivity index (χ4v) is 5.53. The maximum atomic E-state index is 13.8. The van der Waals surface area contributed by atoms with Gasteiger partial charge in [-0.1, -0.05) is 45.4 Å². The standard InChI is InChI=1S/C30H24BrFN6O5/c1-2-42-30(41)25-26(37-28(39)21-8-3-4-9-22(21)29(40)38(37)27(25)33)23-13-18(31)10-11-24(23)43-16-20-15-36(35-34-20)14-17-6-5-7-19(32)12-17/h3-13,15,26H,2,14,16,33H2,1H3. The molecule has 1 aliphatic rings. The van der Waals surface area contributed by atoms with Crippen LogP contribution < -0.4 is 21.6 Å². The Bertz CT molecular complexity index is 2050. The number of hydrogen-bond acceptors (Lipinski definition) is 8. The number of nitrogens with two attached hydrogens (primary N) is 1. The molecule has 6 rings (SSSR count). The first-order chi connectivity index (χ1) is 20.8. The van der Waals surface area contributed by atoms with Gasteiger partial charge in [-0.15, -0.1) is 5.10 Å². The third-order valence-corrected chi connectivity index (χ3v) is 7.48. The van der Waals surface area contributed by atoms with Gasteiger partial charge in [-0.25, -0.2) is 18.5 Å². The zero-order chi connectivity index (χ0) is 30.2. The number of fused-ring (bicyclic) bond motifs is 2. The molecule has 13 heteroatoms. The predicted molar refractivity (Wildman–Crippen MR) is 159 cm³/mol. The second-order valence-electron chi connectivity index (χ2n) is 9.74. The summed E-state index contributed by atoms with van der Waals surface area (Å²) in [5.41, 5.74) is 6.87. The zero-order valence-electron chi connectivity index (χ0n) is 22.7. The fourth-order valence-electron chi connectivity index (χ4n) is 5.15. The smallest absolute Gasteiger partial charge is 0.340 e. The van der Waals surface area contributed by atoms with Crippen molar-refractivity contribution < 1.29 is 18.7 Å². The SMILES string of the molecule is CCOC(=O)C1=C(N)n2c(=O)c3ccccc3c(=O)n2C1c1cc(Br)ccc1OCc1cn(Cc2cccc(F)c2)nn1. The maximum absolute atomic E-state index is 13.8. The number of rotatable bonds is 8. The molecule has 0 amide bonds. The fraction of sp³-hybridized carbons (Fsp3) is 0.167. The summed E-state index contributed by atoms with van der Waals surface area (Å²) in [6, 6.07) is 16.5. The van der Waals surface area contributed by atoms with Gasteiger partial charge in [0.1, 0.15) is 41.3 Å². The summed E-state index contributed by atoms with van der Waals surface area (Å²) in [5.74, 6) is -1.01. The van der Waals surface area contributed by atoms with Crippen LogP contribution in [0.4, 0.5) is 4.39 Å². The number of benzene rings is 3. The molecule has 5 aromatic rings. The van der Waals surface area contributed by atoms with E-state index in [2.05, 4.69) is 26.2 Å². The van der Waals surface area contributed by atoms with E-state index in [-0.39, 0.29) is 41.2 Å². The van der Waals surface area contributed by atoms with Crippen LogP contribution in [-0.2, 0) is 22.7 Å². The van der Waals surface area contributed by atoms with Gasteiger partial charge in [0, 0.05) is 10.0 Å². The summed E-state index contributed by atoms with van der Waals surface area (Å²) in [7, 11) is 0. The molecule has 1 unspecified atom stereocenters. The van der Waals surface area contributed by atoms with E-state index in [9.17, 15) is 18.8 Å². The van der Waals surface area contributed by atoms with Crippen LogP contribution in [0, 0.1) is 5.82 Å². The first-order valence-electron chi connectivity index (χ1n) is 13.3. The summed E-state index contributed by atoms with van der Waals surface area (Å²) in [5, 5.41) is 8.60. The molecule has 0 fully saturated rings. The maximum Gasteiger partial charge on any atom is 0.340 e. The van der Waals surface area contributed by atoms with E-state index in [0.29, 0.717) is 28.0 Å². The highest BCUT2D eigenvalue weighted by Crippen LogP contribution is 2.39. The van der Waals surface area contributed by atoms with Gasteiger partial charge < -0.3 is 15.2 Å².